The van der Waals surface area contributed by atoms with Crippen LogP contribution in [0.2, 0.25) is 0 Å². The number of nitrogens with one attached hydrogen (secondary N) is 1. The molecule has 3 rings (SSSR count). The molecule has 1 aliphatic rings. The zero-order valence-electron chi connectivity index (χ0n) is 10.4. The van der Waals surface area contributed by atoms with Crippen molar-refractivity contribution in [2.45, 2.75) is 18.8 Å². The zero-order valence-corrected chi connectivity index (χ0v) is 12.2. The first-order valence-corrected chi connectivity index (χ1v) is 6.20. The maximum Gasteiger partial charge on any atom is 0.147 e. The number of hydrogen-bond donors (Lipinski definition) is 1. The zero-order chi connectivity index (χ0) is 11.8. The fraction of sp³-hybridized carbons (Fsp3) is 0.429. The van der Waals surface area contributed by atoms with Gasteiger partial charge in [-0.1, -0.05) is 12.1 Å². The van der Waals surface area contributed by atoms with Crippen LogP contribution in [0.25, 0.3) is 10.9 Å². The van der Waals surface area contributed by atoms with Crippen LogP contribution in [0, 0.1) is 5.82 Å². The van der Waals surface area contributed by atoms with E-state index in [0.29, 0.717) is 11.4 Å². The van der Waals surface area contributed by atoms with Gasteiger partial charge in [-0.25, -0.2) is 4.39 Å². The summed E-state index contributed by atoms with van der Waals surface area (Å²) < 4.78 is 13.6. The van der Waals surface area contributed by atoms with Gasteiger partial charge in [0.05, 0.1) is 5.52 Å². The standard InChI is InChI=1S/C14H17FN2.BrH/c1-17-7-5-10(6-8-17)12-9-16-14-11(12)3-2-4-13(14)15;/h2-4,9-10,16H,5-8H2,1H3;1H. The number of para-hydroxylation sites is 1. The lowest BCUT2D eigenvalue weighted by Gasteiger charge is -2.28. The number of aromatic nitrogens is 1. The van der Waals surface area contributed by atoms with E-state index < -0.39 is 0 Å². The molecule has 1 aliphatic heterocycles. The molecule has 0 unspecified atom stereocenters. The minimum absolute atomic E-state index is 0. The highest BCUT2D eigenvalue weighted by Crippen LogP contribution is 2.33. The smallest absolute Gasteiger partial charge is 0.147 e. The third kappa shape index (κ3) is 2.31. The summed E-state index contributed by atoms with van der Waals surface area (Å²) in [5.74, 6) is 0.420. The van der Waals surface area contributed by atoms with E-state index in [9.17, 15) is 4.39 Å². The van der Waals surface area contributed by atoms with E-state index in [1.807, 2.05) is 12.3 Å². The van der Waals surface area contributed by atoms with Gasteiger partial charge in [0.25, 0.3) is 0 Å². The second kappa shape index (κ2) is 5.41. The van der Waals surface area contributed by atoms with E-state index in [2.05, 4.69) is 16.9 Å². The molecule has 2 aromatic rings. The molecule has 0 amide bonds. The van der Waals surface area contributed by atoms with E-state index in [0.717, 1.165) is 18.5 Å². The molecule has 98 valence electrons. The van der Waals surface area contributed by atoms with E-state index in [4.69, 9.17) is 0 Å². The molecule has 0 atom stereocenters. The van der Waals surface area contributed by atoms with Crippen molar-refractivity contribution in [3.63, 3.8) is 0 Å². The van der Waals surface area contributed by atoms with Crippen LogP contribution in [0.15, 0.2) is 24.4 Å². The van der Waals surface area contributed by atoms with Gasteiger partial charge < -0.3 is 9.88 Å². The van der Waals surface area contributed by atoms with Crippen LogP contribution < -0.4 is 0 Å². The van der Waals surface area contributed by atoms with Gasteiger partial charge in [-0.2, -0.15) is 0 Å². The van der Waals surface area contributed by atoms with Crippen LogP contribution in [-0.2, 0) is 0 Å². The van der Waals surface area contributed by atoms with Crippen molar-refractivity contribution in [3.05, 3.63) is 35.8 Å². The monoisotopic (exact) mass is 312 g/mol. The molecule has 1 N–H and O–H groups in total. The van der Waals surface area contributed by atoms with Gasteiger partial charge in [0, 0.05) is 11.6 Å². The van der Waals surface area contributed by atoms with Crippen LogP contribution in [0.5, 0.6) is 0 Å². The average Bonchev–Trinajstić information content (AvgIpc) is 2.75. The summed E-state index contributed by atoms with van der Waals surface area (Å²) in [6.45, 7) is 2.26. The van der Waals surface area contributed by atoms with Gasteiger partial charge in [0.15, 0.2) is 0 Å². The van der Waals surface area contributed by atoms with Crippen molar-refractivity contribution >= 4 is 27.9 Å². The summed E-state index contributed by atoms with van der Waals surface area (Å²) in [6.07, 6.45) is 4.32. The number of rotatable bonds is 1. The number of fused-ring (bicyclic) bond motifs is 1. The Bertz CT molecular complexity index is 530. The molecule has 0 spiro atoms. The number of nitrogens with zero attached hydrogens (tertiary/aromatic N) is 1. The molecule has 1 saturated heterocycles. The normalized spacial score (nSPS) is 17.9. The number of piperidine rings is 1. The quantitative estimate of drug-likeness (QED) is 0.851. The van der Waals surface area contributed by atoms with Crippen molar-refractivity contribution in [2.75, 3.05) is 20.1 Å². The molecule has 2 nitrogen and oxygen atoms in total. The molecule has 0 bridgehead atoms. The summed E-state index contributed by atoms with van der Waals surface area (Å²) in [4.78, 5) is 5.43. The maximum atomic E-state index is 13.6. The topological polar surface area (TPSA) is 19.0 Å². The Kier molecular flexibility index (Phi) is 4.07. The first-order valence-electron chi connectivity index (χ1n) is 6.20. The minimum Gasteiger partial charge on any atom is -0.359 e. The van der Waals surface area contributed by atoms with Crippen molar-refractivity contribution in [1.82, 2.24) is 9.88 Å². The van der Waals surface area contributed by atoms with Crippen LogP contribution in [0.1, 0.15) is 24.3 Å². The second-order valence-electron chi connectivity index (χ2n) is 4.98. The van der Waals surface area contributed by atoms with Gasteiger partial charge in [-0.3, -0.25) is 0 Å². The maximum absolute atomic E-state index is 13.6. The van der Waals surface area contributed by atoms with Gasteiger partial charge in [0.2, 0.25) is 0 Å². The van der Waals surface area contributed by atoms with Crippen LogP contribution >= 0.6 is 17.0 Å². The highest BCUT2D eigenvalue weighted by atomic mass is 79.9. The average molecular weight is 313 g/mol. The molecular formula is C14H18BrFN2. The lowest BCUT2D eigenvalue weighted by Crippen LogP contribution is -2.29. The largest absolute Gasteiger partial charge is 0.359 e. The number of H-pyrrole nitrogens is 1. The first-order chi connectivity index (χ1) is 8.25. The molecule has 1 aromatic heterocycles. The summed E-state index contributed by atoms with van der Waals surface area (Å²) in [5, 5.41) is 1.06. The predicted molar refractivity (Wildman–Crippen MR) is 78.1 cm³/mol. The Morgan fingerprint density at radius 3 is 2.72 bits per heavy atom. The van der Waals surface area contributed by atoms with Gasteiger partial charge in [-0.15, -0.1) is 17.0 Å². The number of aromatic amines is 1. The Balaban J connectivity index is 0.00000120. The minimum atomic E-state index is -0.151. The van der Waals surface area contributed by atoms with Crippen LogP contribution in [-0.4, -0.2) is 30.0 Å². The summed E-state index contributed by atoms with van der Waals surface area (Å²) in [7, 11) is 2.16. The van der Waals surface area contributed by atoms with E-state index in [1.54, 1.807) is 6.07 Å². The van der Waals surface area contributed by atoms with Crippen molar-refractivity contribution < 1.29 is 4.39 Å². The number of likely N-dealkylation sites (tertiary alicyclic amines) is 1. The number of benzene rings is 1. The highest BCUT2D eigenvalue weighted by molar-refractivity contribution is 8.93. The van der Waals surface area contributed by atoms with Gasteiger partial charge >= 0.3 is 0 Å². The lowest BCUT2D eigenvalue weighted by molar-refractivity contribution is 0.256. The molecular weight excluding hydrogens is 295 g/mol. The summed E-state index contributed by atoms with van der Waals surface area (Å²) in [5.41, 5.74) is 1.94. The SMILES string of the molecule is Br.CN1CCC(c2c[nH]c3c(F)cccc23)CC1. The molecule has 4 heteroatoms. The third-order valence-electron chi connectivity index (χ3n) is 3.86. The summed E-state index contributed by atoms with van der Waals surface area (Å²) in [6, 6.07) is 5.32. The predicted octanol–water partition coefficient (Wildman–Crippen LogP) is 3.69. The van der Waals surface area contributed by atoms with E-state index >= 15 is 0 Å². The van der Waals surface area contributed by atoms with Crippen LogP contribution in [0.3, 0.4) is 0 Å². The van der Waals surface area contributed by atoms with E-state index in [-0.39, 0.29) is 22.8 Å². The Labute approximate surface area is 117 Å². The molecule has 0 radical (unpaired) electrons. The molecule has 2 heterocycles. The lowest BCUT2D eigenvalue weighted by atomic mass is 9.89. The Morgan fingerprint density at radius 2 is 2.00 bits per heavy atom. The number of hydrogen-bond acceptors (Lipinski definition) is 1. The fourth-order valence-corrected chi connectivity index (χ4v) is 2.80. The van der Waals surface area contributed by atoms with Crippen LogP contribution in [0.4, 0.5) is 4.39 Å². The molecule has 0 aliphatic carbocycles. The summed E-state index contributed by atoms with van der Waals surface area (Å²) >= 11 is 0. The first kappa shape index (κ1) is 13.6. The Morgan fingerprint density at radius 1 is 1.28 bits per heavy atom. The third-order valence-corrected chi connectivity index (χ3v) is 3.86. The van der Waals surface area contributed by atoms with Crippen molar-refractivity contribution in [1.29, 1.82) is 0 Å². The molecule has 18 heavy (non-hydrogen) atoms. The molecule has 1 aromatic carbocycles. The number of halogens is 2. The van der Waals surface area contributed by atoms with Gasteiger partial charge in [0.1, 0.15) is 5.82 Å². The highest BCUT2D eigenvalue weighted by Gasteiger charge is 2.21. The van der Waals surface area contributed by atoms with Crippen molar-refractivity contribution in [3.8, 4) is 0 Å². The second-order valence-corrected chi connectivity index (χ2v) is 4.98. The molecule has 0 saturated carbocycles. The Hall–Kier alpha value is -0.870. The molecule has 1 fully saturated rings. The van der Waals surface area contributed by atoms with Gasteiger partial charge in [-0.05, 0) is 50.5 Å². The van der Waals surface area contributed by atoms with Crippen molar-refractivity contribution in [2.24, 2.45) is 0 Å². The fourth-order valence-electron chi connectivity index (χ4n) is 2.80. The van der Waals surface area contributed by atoms with E-state index in [1.165, 1.54) is 24.5 Å².